The van der Waals surface area contributed by atoms with Crippen LogP contribution in [-0.2, 0) is 0 Å². The third-order valence-electron chi connectivity index (χ3n) is 3.29. The van der Waals surface area contributed by atoms with Crippen molar-refractivity contribution in [3.63, 3.8) is 0 Å². The molecule has 0 saturated carbocycles. The minimum Gasteiger partial charge on any atom is -0.459 e. The lowest BCUT2D eigenvalue weighted by molar-refractivity contribution is 0.491. The zero-order chi connectivity index (χ0) is 14.1. The van der Waals surface area contributed by atoms with Crippen LogP contribution in [0.1, 0.15) is 17.4 Å². The lowest BCUT2D eigenvalue weighted by atomic mass is 10.0. The van der Waals surface area contributed by atoms with Gasteiger partial charge in [0.15, 0.2) is 0 Å². The van der Waals surface area contributed by atoms with E-state index in [-0.39, 0.29) is 11.9 Å². The van der Waals surface area contributed by atoms with Crippen LogP contribution >= 0.6 is 11.6 Å². The van der Waals surface area contributed by atoms with Gasteiger partial charge in [-0.2, -0.15) is 0 Å². The summed E-state index contributed by atoms with van der Waals surface area (Å²) in [5.74, 6) is 0.403. The van der Waals surface area contributed by atoms with E-state index in [1.807, 2.05) is 37.4 Å². The molecule has 3 rings (SSSR count). The highest BCUT2D eigenvalue weighted by molar-refractivity contribution is 6.31. The third-order valence-corrected chi connectivity index (χ3v) is 3.62. The Labute approximate surface area is 121 Å². The van der Waals surface area contributed by atoms with Gasteiger partial charge in [-0.15, -0.1) is 0 Å². The molecule has 1 aromatic heterocycles. The summed E-state index contributed by atoms with van der Waals surface area (Å²) < 4.78 is 19.0. The minimum absolute atomic E-state index is 0.213. The molecule has 1 heterocycles. The Kier molecular flexibility index (Phi) is 3.47. The van der Waals surface area contributed by atoms with Gasteiger partial charge in [-0.1, -0.05) is 35.9 Å². The van der Waals surface area contributed by atoms with E-state index in [4.69, 9.17) is 16.0 Å². The molecule has 2 aromatic carbocycles. The molecule has 4 heteroatoms. The summed E-state index contributed by atoms with van der Waals surface area (Å²) in [6.45, 7) is 0. The number of nitrogens with one attached hydrogen (secondary N) is 1. The lowest BCUT2D eigenvalue weighted by Crippen LogP contribution is -2.17. The van der Waals surface area contributed by atoms with Crippen molar-refractivity contribution in [2.24, 2.45) is 0 Å². The summed E-state index contributed by atoms with van der Waals surface area (Å²) in [5.41, 5.74) is 1.61. The highest BCUT2D eigenvalue weighted by Crippen LogP contribution is 2.32. The van der Waals surface area contributed by atoms with Gasteiger partial charge in [-0.25, -0.2) is 4.39 Å². The second kappa shape index (κ2) is 5.27. The van der Waals surface area contributed by atoms with Crippen molar-refractivity contribution in [1.29, 1.82) is 0 Å². The molecule has 0 aliphatic rings. The van der Waals surface area contributed by atoms with E-state index in [9.17, 15) is 4.39 Å². The smallest absolute Gasteiger partial charge is 0.134 e. The van der Waals surface area contributed by atoms with Crippen LogP contribution in [0.15, 0.2) is 52.9 Å². The zero-order valence-electron chi connectivity index (χ0n) is 10.9. The largest absolute Gasteiger partial charge is 0.459 e. The zero-order valence-corrected chi connectivity index (χ0v) is 11.6. The first-order chi connectivity index (χ1) is 9.69. The average molecular weight is 290 g/mol. The van der Waals surface area contributed by atoms with Crippen molar-refractivity contribution in [3.05, 3.63) is 70.7 Å². The first-order valence-corrected chi connectivity index (χ1v) is 6.67. The number of fused-ring (bicyclic) bond motifs is 1. The molecular weight excluding hydrogens is 277 g/mol. The molecule has 0 radical (unpaired) electrons. The van der Waals surface area contributed by atoms with Gasteiger partial charge in [0.1, 0.15) is 17.2 Å². The summed E-state index contributed by atoms with van der Waals surface area (Å²) in [5, 5.41) is 4.56. The van der Waals surface area contributed by atoms with Gasteiger partial charge >= 0.3 is 0 Å². The molecule has 0 spiro atoms. The van der Waals surface area contributed by atoms with Gasteiger partial charge < -0.3 is 9.73 Å². The summed E-state index contributed by atoms with van der Waals surface area (Å²) in [7, 11) is 1.82. The standard InChI is InChI=1S/C16H13ClFNO/c1-19-16(12-7-6-11(18)9-13(12)17)15-8-10-4-2-3-5-14(10)20-15/h2-9,16,19H,1H3. The molecule has 1 N–H and O–H groups in total. The molecule has 102 valence electrons. The fourth-order valence-corrected chi connectivity index (χ4v) is 2.61. The molecule has 0 amide bonds. The summed E-state index contributed by atoms with van der Waals surface area (Å²) >= 11 is 6.13. The maximum atomic E-state index is 13.2. The maximum Gasteiger partial charge on any atom is 0.134 e. The van der Waals surface area contributed by atoms with E-state index in [2.05, 4.69) is 5.32 Å². The lowest BCUT2D eigenvalue weighted by Gasteiger charge is -2.15. The third kappa shape index (κ3) is 2.30. The van der Waals surface area contributed by atoms with Crippen LogP contribution in [0.5, 0.6) is 0 Å². The van der Waals surface area contributed by atoms with Gasteiger partial charge in [-0.05, 0) is 36.9 Å². The number of hydrogen-bond donors (Lipinski definition) is 1. The number of furan rings is 1. The SMILES string of the molecule is CNC(c1cc2ccccc2o1)c1ccc(F)cc1Cl. The molecule has 0 saturated heterocycles. The Balaban J connectivity index is 2.08. The monoisotopic (exact) mass is 289 g/mol. The number of rotatable bonds is 3. The predicted molar refractivity (Wildman–Crippen MR) is 78.5 cm³/mol. The average Bonchev–Trinajstić information content (AvgIpc) is 2.85. The maximum absolute atomic E-state index is 13.2. The van der Waals surface area contributed by atoms with E-state index in [1.54, 1.807) is 6.07 Å². The fourth-order valence-electron chi connectivity index (χ4n) is 2.33. The van der Waals surface area contributed by atoms with Crippen LogP contribution in [0.25, 0.3) is 11.0 Å². The van der Waals surface area contributed by atoms with Gasteiger partial charge in [-0.3, -0.25) is 0 Å². The van der Waals surface area contributed by atoms with Crippen molar-refractivity contribution in [3.8, 4) is 0 Å². The van der Waals surface area contributed by atoms with Crippen molar-refractivity contribution in [2.75, 3.05) is 7.05 Å². The number of hydrogen-bond acceptors (Lipinski definition) is 2. The highest BCUT2D eigenvalue weighted by atomic mass is 35.5. The number of benzene rings is 2. The molecule has 1 atom stereocenters. The Morgan fingerprint density at radius 3 is 2.65 bits per heavy atom. The van der Waals surface area contributed by atoms with Crippen molar-refractivity contribution in [2.45, 2.75) is 6.04 Å². The molecule has 0 aliphatic heterocycles. The Morgan fingerprint density at radius 1 is 1.15 bits per heavy atom. The van der Waals surface area contributed by atoms with Gasteiger partial charge in [0, 0.05) is 10.4 Å². The Morgan fingerprint density at radius 2 is 1.95 bits per heavy atom. The van der Waals surface area contributed by atoms with Crippen molar-refractivity contribution in [1.82, 2.24) is 5.32 Å². The minimum atomic E-state index is -0.349. The predicted octanol–water partition coefficient (Wildman–Crippen LogP) is 4.53. The second-order valence-electron chi connectivity index (χ2n) is 4.57. The van der Waals surface area contributed by atoms with Gasteiger partial charge in [0.2, 0.25) is 0 Å². The van der Waals surface area contributed by atoms with Crippen LogP contribution in [0.3, 0.4) is 0 Å². The molecule has 2 nitrogen and oxygen atoms in total. The number of para-hydroxylation sites is 1. The van der Waals surface area contributed by atoms with E-state index in [1.165, 1.54) is 12.1 Å². The quantitative estimate of drug-likeness (QED) is 0.766. The first kappa shape index (κ1) is 13.2. The van der Waals surface area contributed by atoms with Gasteiger partial charge in [0.25, 0.3) is 0 Å². The van der Waals surface area contributed by atoms with Crippen LogP contribution in [-0.4, -0.2) is 7.05 Å². The molecule has 1 unspecified atom stereocenters. The molecule has 0 bridgehead atoms. The molecule has 0 aliphatic carbocycles. The molecular formula is C16H13ClFNO. The summed E-state index contributed by atoms with van der Waals surface area (Å²) in [6, 6.07) is 13.9. The molecule has 20 heavy (non-hydrogen) atoms. The highest BCUT2D eigenvalue weighted by Gasteiger charge is 2.19. The Bertz CT molecular complexity index is 720. The summed E-state index contributed by atoms with van der Waals surface area (Å²) in [4.78, 5) is 0. The second-order valence-corrected chi connectivity index (χ2v) is 4.98. The number of halogens is 2. The summed E-state index contributed by atoms with van der Waals surface area (Å²) in [6.07, 6.45) is 0. The van der Waals surface area contributed by atoms with Crippen LogP contribution in [0, 0.1) is 5.82 Å². The topological polar surface area (TPSA) is 25.2 Å². The van der Waals surface area contributed by atoms with Crippen LogP contribution < -0.4 is 5.32 Å². The van der Waals surface area contributed by atoms with E-state index in [0.29, 0.717) is 5.02 Å². The molecule has 0 fully saturated rings. The fraction of sp³-hybridized carbons (Fsp3) is 0.125. The van der Waals surface area contributed by atoms with Gasteiger partial charge in [0.05, 0.1) is 6.04 Å². The Hall–Kier alpha value is -1.84. The van der Waals surface area contributed by atoms with E-state index < -0.39 is 0 Å². The van der Waals surface area contributed by atoms with E-state index in [0.717, 1.165) is 22.3 Å². The van der Waals surface area contributed by atoms with Crippen LogP contribution in [0.4, 0.5) is 4.39 Å². The van der Waals surface area contributed by atoms with Crippen molar-refractivity contribution >= 4 is 22.6 Å². The first-order valence-electron chi connectivity index (χ1n) is 6.29. The molecule has 3 aromatic rings. The normalized spacial score (nSPS) is 12.8. The van der Waals surface area contributed by atoms with Crippen molar-refractivity contribution < 1.29 is 8.81 Å². The van der Waals surface area contributed by atoms with Crippen LogP contribution in [0.2, 0.25) is 5.02 Å². The van der Waals surface area contributed by atoms with E-state index >= 15 is 0 Å².